The Labute approximate surface area is 135 Å². The van der Waals surface area contributed by atoms with Crippen LogP contribution in [0.1, 0.15) is 12.0 Å². The minimum atomic E-state index is -3.07. The Morgan fingerprint density at radius 3 is 2.65 bits per heavy atom. The molecule has 1 unspecified atom stereocenters. The fourth-order valence-electron chi connectivity index (χ4n) is 3.06. The van der Waals surface area contributed by atoms with Crippen molar-refractivity contribution in [2.75, 3.05) is 24.7 Å². The number of nitrogens with one attached hydrogen (secondary N) is 1. The van der Waals surface area contributed by atoms with E-state index in [9.17, 15) is 13.2 Å². The minimum absolute atomic E-state index is 0.0102. The summed E-state index contributed by atoms with van der Waals surface area (Å²) in [6.07, 6.45) is 0.646. The molecule has 0 aliphatic carbocycles. The zero-order valence-electron chi connectivity index (χ0n) is 13.5. The predicted molar refractivity (Wildman–Crippen MR) is 92.4 cm³/mol. The zero-order valence-corrected chi connectivity index (χ0v) is 14.4. The van der Waals surface area contributed by atoms with Crippen LogP contribution in [0.25, 0.3) is 10.9 Å². The fourth-order valence-corrected chi connectivity index (χ4v) is 4.55. The van der Waals surface area contributed by atoms with Gasteiger partial charge in [0.25, 0.3) is 5.56 Å². The summed E-state index contributed by atoms with van der Waals surface area (Å²) in [5, 5.41) is 4.29. The van der Waals surface area contributed by atoms with Crippen molar-refractivity contribution < 1.29 is 8.42 Å². The summed E-state index contributed by atoms with van der Waals surface area (Å²) in [6, 6.07) is 7.69. The summed E-state index contributed by atoms with van der Waals surface area (Å²) >= 11 is 0. The number of rotatable bonds is 3. The number of nitrogens with zero attached hydrogens (tertiary/aromatic N) is 2. The Morgan fingerprint density at radius 2 is 2.00 bits per heavy atom. The Kier molecular flexibility index (Phi) is 3.93. The summed E-state index contributed by atoms with van der Waals surface area (Å²) in [7, 11) is 0.326. The molecule has 0 saturated carbocycles. The van der Waals surface area contributed by atoms with E-state index in [0.717, 1.165) is 16.6 Å². The number of anilines is 1. The molecule has 1 saturated heterocycles. The van der Waals surface area contributed by atoms with E-state index in [-0.39, 0.29) is 17.4 Å². The van der Waals surface area contributed by atoms with Crippen LogP contribution in [-0.2, 0) is 17.1 Å². The van der Waals surface area contributed by atoms with Crippen molar-refractivity contribution in [3.63, 3.8) is 0 Å². The van der Waals surface area contributed by atoms with Gasteiger partial charge in [0.1, 0.15) is 0 Å². The standard InChI is InChI=1S/C16H21N3O3S/c1-11-8-12-9-13(4-5-15(12)18(2)16(11)20)17-10-14-6-7-23(21,22)19(14)3/h4-5,8-9,14,17H,6-7,10H2,1-3H3. The number of benzene rings is 1. The Hall–Kier alpha value is -1.86. The molecule has 0 spiro atoms. The molecule has 6 nitrogen and oxygen atoms in total. The van der Waals surface area contributed by atoms with Gasteiger partial charge in [0.15, 0.2) is 0 Å². The lowest BCUT2D eigenvalue weighted by Crippen LogP contribution is -2.34. The van der Waals surface area contributed by atoms with Crippen LogP contribution in [0, 0.1) is 6.92 Å². The zero-order chi connectivity index (χ0) is 16.8. The third kappa shape index (κ3) is 2.86. The molecule has 0 amide bonds. The highest BCUT2D eigenvalue weighted by Gasteiger charge is 2.33. The summed E-state index contributed by atoms with van der Waals surface area (Å²) in [6.45, 7) is 2.38. The van der Waals surface area contributed by atoms with Crippen LogP contribution in [0.3, 0.4) is 0 Å². The summed E-state index contributed by atoms with van der Waals surface area (Å²) in [5.41, 5.74) is 2.52. The molecule has 1 atom stereocenters. The van der Waals surface area contributed by atoms with Gasteiger partial charge >= 0.3 is 0 Å². The Balaban J connectivity index is 1.82. The number of sulfonamides is 1. The normalized spacial score (nSPS) is 20.9. The van der Waals surface area contributed by atoms with E-state index in [0.29, 0.717) is 18.5 Å². The summed E-state index contributed by atoms with van der Waals surface area (Å²) in [5.74, 6) is 0.217. The lowest BCUT2D eigenvalue weighted by molar-refractivity contribution is 0.410. The van der Waals surface area contributed by atoms with Gasteiger partial charge in [0.05, 0.1) is 11.3 Å². The van der Waals surface area contributed by atoms with E-state index >= 15 is 0 Å². The van der Waals surface area contributed by atoms with E-state index in [1.807, 2.05) is 24.3 Å². The molecule has 124 valence electrons. The lowest BCUT2D eigenvalue weighted by Gasteiger charge is -2.19. The van der Waals surface area contributed by atoms with Crippen LogP contribution in [0.4, 0.5) is 5.69 Å². The Morgan fingerprint density at radius 1 is 1.26 bits per heavy atom. The van der Waals surface area contributed by atoms with Gasteiger partial charge in [-0.25, -0.2) is 12.7 Å². The second-order valence-electron chi connectivity index (χ2n) is 6.12. The van der Waals surface area contributed by atoms with Crippen molar-refractivity contribution in [1.29, 1.82) is 0 Å². The fraction of sp³-hybridized carbons (Fsp3) is 0.438. The average molecular weight is 335 g/mol. The van der Waals surface area contributed by atoms with Crippen LogP contribution in [0.5, 0.6) is 0 Å². The largest absolute Gasteiger partial charge is 0.383 e. The highest BCUT2D eigenvalue weighted by Crippen LogP contribution is 2.22. The Bertz CT molecular complexity index is 918. The number of hydrogen-bond acceptors (Lipinski definition) is 4. The molecule has 3 rings (SSSR count). The van der Waals surface area contributed by atoms with E-state index in [1.165, 1.54) is 4.31 Å². The molecule has 7 heteroatoms. The van der Waals surface area contributed by atoms with Gasteiger partial charge in [-0.1, -0.05) is 0 Å². The lowest BCUT2D eigenvalue weighted by atomic mass is 10.1. The number of fused-ring (bicyclic) bond motifs is 1. The quantitative estimate of drug-likeness (QED) is 0.917. The molecule has 1 aliphatic heterocycles. The molecule has 23 heavy (non-hydrogen) atoms. The number of aromatic nitrogens is 1. The van der Waals surface area contributed by atoms with Gasteiger partial charge in [0.2, 0.25) is 10.0 Å². The topological polar surface area (TPSA) is 71.4 Å². The van der Waals surface area contributed by atoms with E-state index in [1.54, 1.807) is 25.6 Å². The smallest absolute Gasteiger partial charge is 0.253 e. The van der Waals surface area contributed by atoms with Crippen LogP contribution >= 0.6 is 0 Å². The van der Waals surface area contributed by atoms with E-state index in [4.69, 9.17) is 0 Å². The van der Waals surface area contributed by atoms with Crippen LogP contribution in [0.2, 0.25) is 0 Å². The number of hydrogen-bond donors (Lipinski definition) is 1. The van der Waals surface area contributed by atoms with Crippen LogP contribution in [0.15, 0.2) is 29.1 Å². The van der Waals surface area contributed by atoms with Gasteiger partial charge in [-0.3, -0.25) is 4.79 Å². The van der Waals surface area contributed by atoms with Crippen LogP contribution < -0.4 is 10.9 Å². The van der Waals surface area contributed by atoms with Crippen molar-refractivity contribution >= 4 is 26.6 Å². The molecule has 0 bridgehead atoms. The van der Waals surface area contributed by atoms with E-state index < -0.39 is 10.0 Å². The maximum Gasteiger partial charge on any atom is 0.253 e. The summed E-state index contributed by atoms with van der Waals surface area (Å²) in [4.78, 5) is 11.9. The highest BCUT2D eigenvalue weighted by molar-refractivity contribution is 7.89. The molecule has 1 aliphatic rings. The second-order valence-corrected chi connectivity index (χ2v) is 8.27. The molecule has 1 N–H and O–H groups in total. The first kappa shape index (κ1) is 16.0. The monoisotopic (exact) mass is 335 g/mol. The van der Waals surface area contributed by atoms with Crippen molar-refractivity contribution in [2.45, 2.75) is 19.4 Å². The van der Waals surface area contributed by atoms with Gasteiger partial charge in [-0.05, 0) is 37.6 Å². The molecular formula is C16H21N3O3S. The second kappa shape index (κ2) is 5.65. The van der Waals surface area contributed by atoms with Gasteiger partial charge in [-0.15, -0.1) is 0 Å². The van der Waals surface area contributed by atoms with Crippen molar-refractivity contribution in [2.24, 2.45) is 7.05 Å². The van der Waals surface area contributed by atoms with Crippen molar-refractivity contribution in [3.8, 4) is 0 Å². The molecular weight excluding hydrogens is 314 g/mol. The predicted octanol–water partition coefficient (Wildman–Crippen LogP) is 1.29. The molecule has 1 fully saturated rings. The van der Waals surface area contributed by atoms with Crippen LogP contribution in [-0.4, -0.2) is 42.7 Å². The third-order valence-electron chi connectivity index (χ3n) is 4.61. The first-order valence-corrected chi connectivity index (χ1v) is 9.20. The third-order valence-corrected chi connectivity index (χ3v) is 6.53. The molecule has 0 radical (unpaired) electrons. The summed E-state index contributed by atoms with van der Waals surface area (Å²) < 4.78 is 26.6. The highest BCUT2D eigenvalue weighted by atomic mass is 32.2. The molecule has 2 aromatic rings. The molecule has 2 heterocycles. The molecule has 1 aromatic carbocycles. The first-order valence-electron chi connectivity index (χ1n) is 7.59. The van der Waals surface area contributed by atoms with Crippen molar-refractivity contribution in [3.05, 3.63) is 40.2 Å². The maximum absolute atomic E-state index is 11.9. The first-order chi connectivity index (χ1) is 10.8. The SMILES string of the molecule is Cc1cc2cc(NCC3CCS(=O)(=O)N3C)ccc2n(C)c1=O. The van der Waals surface area contributed by atoms with Gasteiger partial charge in [0, 0.05) is 43.3 Å². The van der Waals surface area contributed by atoms with Gasteiger partial charge in [-0.2, -0.15) is 0 Å². The average Bonchev–Trinajstić information content (AvgIpc) is 2.77. The number of likely N-dealkylation sites (N-methyl/N-ethyl adjacent to an activating group) is 1. The van der Waals surface area contributed by atoms with Crippen molar-refractivity contribution in [1.82, 2.24) is 8.87 Å². The molecule has 1 aromatic heterocycles. The van der Waals surface area contributed by atoms with E-state index in [2.05, 4.69) is 5.32 Å². The number of pyridine rings is 1. The maximum atomic E-state index is 11.9. The minimum Gasteiger partial charge on any atom is -0.383 e. The number of aryl methyl sites for hydroxylation is 2. The van der Waals surface area contributed by atoms with Gasteiger partial charge < -0.3 is 9.88 Å².